The van der Waals surface area contributed by atoms with Crippen LogP contribution in [0.2, 0.25) is 0 Å². The third-order valence-electron chi connectivity index (χ3n) is 13.1. The van der Waals surface area contributed by atoms with Crippen molar-refractivity contribution in [2.45, 2.75) is 225 Å². The quantitative estimate of drug-likeness (QED) is 0.0216. The summed E-state index contributed by atoms with van der Waals surface area (Å²) < 4.78 is 34.1. The van der Waals surface area contributed by atoms with Gasteiger partial charge in [0.1, 0.15) is 6.61 Å². The molecule has 0 aliphatic carbocycles. The highest BCUT2D eigenvalue weighted by Crippen LogP contribution is 2.43. The lowest BCUT2D eigenvalue weighted by molar-refractivity contribution is -0.161. The lowest BCUT2D eigenvalue weighted by atomic mass is 10.0. The molecular weight excluding hydrogens is 964 g/mol. The van der Waals surface area contributed by atoms with E-state index in [1.165, 1.54) is 116 Å². The SMILES string of the molecule is CCCCCCCCCCCCCCCC(=O)OCC(COP(=O)(O)OCCNC(=O)CCCCN(CC(=O)O)C1CN(CC(=O)O)CCN(CC(=O)O)C1)OC(=O)CCCCCCCCCCCCCCC. The summed E-state index contributed by atoms with van der Waals surface area (Å²) in [7, 11) is -4.69. The van der Waals surface area contributed by atoms with Crippen LogP contribution in [0.1, 0.15) is 213 Å². The Balaban J connectivity index is 2.56. The summed E-state index contributed by atoms with van der Waals surface area (Å²) in [5, 5.41) is 30.9. The van der Waals surface area contributed by atoms with E-state index in [1.54, 1.807) is 14.7 Å². The first-order chi connectivity index (χ1) is 35.1. The third kappa shape index (κ3) is 41.7. The number of phosphoric ester groups is 1. The van der Waals surface area contributed by atoms with E-state index in [2.05, 4.69) is 19.2 Å². The second-order valence-corrected chi connectivity index (χ2v) is 21.4. The number of unbranched alkanes of at least 4 members (excludes halogenated alkanes) is 25. The molecule has 1 fully saturated rings. The largest absolute Gasteiger partial charge is 0.480 e. The molecule has 1 saturated heterocycles. The van der Waals surface area contributed by atoms with Crippen LogP contribution < -0.4 is 5.32 Å². The van der Waals surface area contributed by atoms with Crippen LogP contribution in [0.5, 0.6) is 0 Å². The van der Waals surface area contributed by atoms with Crippen LogP contribution in [0.15, 0.2) is 0 Å². The van der Waals surface area contributed by atoms with Gasteiger partial charge in [-0.1, -0.05) is 168 Å². The van der Waals surface area contributed by atoms with Crippen molar-refractivity contribution >= 4 is 43.6 Å². The van der Waals surface area contributed by atoms with Crippen molar-refractivity contribution in [1.82, 2.24) is 20.0 Å². The minimum atomic E-state index is -4.69. The third-order valence-corrected chi connectivity index (χ3v) is 14.1. The summed E-state index contributed by atoms with van der Waals surface area (Å²) in [5.41, 5.74) is 0. The summed E-state index contributed by atoms with van der Waals surface area (Å²) in [4.78, 5) is 88.2. The van der Waals surface area contributed by atoms with Gasteiger partial charge in [0.25, 0.3) is 0 Å². The molecule has 0 saturated carbocycles. The van der Waals surface area contributed by atoms with Crippen molar-refractivity contribution in [3.8, 4) is 0 Å². The lowest BCUT2D eigenvalue weighted by Gasteiger charge is -2.33. The van der Waals surface area contributed by atoms with Crippen LogP contribution in [0.4, 0.5) is 0 Å². The Hall–Kier alpha value is -3.19. The van der Waals surface area contributed by atoms with Crippen molar-refractivity contribution in [2.75, 3.05) is 78.7 Å². The number of amides is 1. The van der Waals surface area contributed by atoms with Gasteiger partial charge in [0.05, 0.1) is 32.8 Å². The molecule has 5 N–H and O–H groups in total. The number of aliphatic carboxylic acids is 3. The highest BCUT2D eigenvalue weighted by Gasteiger charge is 2.30. The summed E-state index contributed by atoms with van der Waals surface area (Å²) in [6, 6.07) is -0.468. The average Bonchev–Trinajstić information content (AvgIpc) is 3.53. The van der Waals surface area contributed by atoms with Gasteiger partial charge in [-0.25, -0.2) is 4.57 Å². The van der Waals surface area contributed by atoms with Crippen molar-refractivity contribution < 1.29 is 72.1 Å². The summed E-state index contributed by atoms with van der Waals surface area (Å²) >= 11 is 0. The number of carbonyl (C=O) groups is 6. The molecule has 73 heavy (non-hydrogen) atoms. The zero-order chi connectivity index (χ0) is 53.8. The van der Waals surface area contributed by atoms with Crippen LogP contribution in [-0.2, 0) is 51.9 Å². The Morgan fingerprint density at radius 2 is 0.986 bits per heavy atom. The highest BCUT2D eigenvalue weighted by molar-refractivity contribution is 7.47. The second-order valence-electron chi connectivity index (χ2n) is 20.0. The van der Waals surface area contributed by atoms with E-state index in [0.717, 1.165) is 38.5 Å². The van der Waals surface area contributed by atoms with E-state index in [-0.39, 0.29) is 84.2 Å². The van der Waals surface area contributed by atoms with E-state index in [0.29, 0.717) is 38.8 Å². The Kier molecular flexibility index (Phi) is 41.9. The van der Waals surface area contributed by atoms with Gasteiger partial charge in [-0.3, -0.25) is 52.5 Å². The fraction of sp³-hybridized carbons (Fsp3) is 0.887. The molecule has 0 aromatic heterocycles. The summed E-state index contributed by atoms with van der Waals surface area (Å²) in [6.45, 7) is 3.47. The molecule has 1 aliphatic rings. The van der Waals surface area contributed by atoms with Gasteiger partial charge in [-0.2, -0.15) is 0 Å². The minimum Gasteiger partial charge on any atom is -0.480 e. The van der Waals surface area contributed by atoms with Crippen molar-refractivity contribution in [3.05, 3.63) is 0 Å². The first kappa shape index (κ1) is 67.8. The molecule has 2 unspecified atom stereocenters. The average molecular weight is 1060 g/mol. The number of ether oxygens (including phenoxy) is 2. The number of phosphoric acid groups is 1. The number of carbonyl (C=O) groups excluding carboxylic acids is 3. The maximum absolute atomic E-state index is 12.9. The van der Waals surface area contributed by atoms with Gasteiger partial charge in [0, 0.05) is 58.0 Å². The number of carboxylic acids is 3. The number of carboxylic acid groups (broad SMARTS) is 3. The molecule has 1 aliphatic heterocycles. The topological polar surface area (TPSA) is 259 Å². The maximum atomic E-state index is 12.9. The molecule has 0 radical (unpaired) electrons. The van der Waals surface area contributed by atoms with Crippen LogP contribution >= 0.6 is 7.82 Å². The molecule has 1 amide bonds. The van der Waals surface area contributed by atoms with Crippen LogP contribution in [0, 0.1) is 0 Å². The Morgan fingerprint density at radius 3 is 1.42 bits per heavy atom. The van der Waals surface area contributed by atoms with Gasteiger partial charge in [-0.05, 0) is 32.2 Å². The Bertz CT molecular complexity index is 1500. The fourth-order valence-electron chi connectivity index (χ4n) is 9.03. The first-order valence-electron chi connectivity index (χ1n) is 28.2. The van der Waals surface area contributed by atoms with Gasteiger partial charge in [0.2, 0.25) is 5.91 Å². The number of nitrogens with one attached hydrogen (secondary N) is 1. The molecule has 0 aromatic carbocycles. The predicted octanol–water partition coefficient (Wildman–Crippen LogP) is 9.37. The Morgan fingerprint density at radius 1 is 0.562 bits per heavy atom. The zero-order valence-corrected chi connectivity index (χ0v) is 46.0. The fourth-order valence-corrected chi connectivity index (χ4v) is 9.78. The van der Waals surface area contributed by atoms with Gasteiger partial charge >= 0.3 is 37.7 Å². The monoisotopic (exact) mass is 1060 g/mol. The van der Waals surface area contributed by atoms with Crippen LogP contribution in [-0.4, -0.2) is 162 Å². The molecule has 2 atom stereocenters. The van der Waals surface area contributed by atoms with E-state index >= 15 is 0 Å². The molecule has 426 valence electrons. The van der Waals surface area contributed by atoms with E-state index in [4.69, 9.17) is 18.5 Å². The van der Waals surface area contributed by atoms with Crippen LogP contribution in [0.25, 0.3) is 0 Å². The second kappa shape index (κ2) is 45.0. The number of hydrogen-bond acceptors (Lipinski definition) is 14. The first-order valence-corrected chi connectivity index (χ1v) is 29.7. The smallest absolute Gasteiger partial charge is 0.472 e. The van der Waals surface area contributed by atoms with Crippen LogP contribution in [0.3, 0.4) is 0 Å². The standard InChI is InChI=1S/C53H99N4O15P/c1-3-5-7-9-11-13-15-17-19-21-23-25-27-32-52(65)69-44-47(72-53(66)33-28-26-24-22-20-18-16-14-12-10-8-6-4-2)45-71-73(67,68)70-38-34-54-48(58)31-29-30-35-57(43-51(63)64)46-39-55(41-49(59)60)36-37-56(40-46)42-50(61)62/h46-47H,3-45H2,1-2H3,(H,54,58)(H,59,60)(H,61,62)(H,63,64)(H,67,68). The maximum Gasteiger partial charge on any atom is 0.472 e. The molecule has 20 heteroatoms. The Labute approximate surface area is 438 Å². The number of esters is 2. The van der Waals surface area contributed by atoms with E-state index < -0.39 is 56.4 Å². The summed E-state index contributed by atoms with van der Waals surface area (Å²) in [6.07, 6.45) is 30.5. The van der Waals surface area contributed by atoms with Crippen molar-refractivity contribution in [3.63, 3.8) is 0 Å². The van der Waals surface area contributed by atoms with Crippen molar-refractivity contribution in [1.29, 1.82) is 0 Å². The molecule has 0 spiro atoms. The normalized spacial score (nSPS) is 14.9. The molecule has 1 rings (SSSR count). The van der Waals surface area contributed by atoms with Gasteiger partial charge in [-0.15, -0.1) is 0 Å². The van der Waals surface area contributed by atoms with Crippen molar-refractivity contribution in [2.24, 2.45) is 0 Å². The number of nitrogens with zero attached hydrogens (tertiary/aromatic N) is 3. The highest BCUT2D eigenvalue weighted by atomic mass is 31.2. The predicted molar refractivity (Wildman–Crippen MR) is 281 cm³/mol. The molecule has 1 heterocycles. The molecule has 19 nitrogen and oxygen atoms in total. The molecule has 0 bridgehead atoms. The number of hydrogen-bond donors (Lipinski definition) is 5. The zero-order valence-electron chi connectivity index (χ0n) is 45.1. The summed E-state index contributed by atoms with van der Waals surface area (Å²) in [5.74, 6) is -4.56. The minimum absolute atomic E-state index is 0.0551. The van der Waals surface area contributed by atoms with E-state index in [9.17, 15) is 53.5 Å². The molecular formula is C53H99N4O15P. The lowest BCUT2D eigenvalue weighted by Crippen LogP contribution is -2.50. The van der Waals surface area contributed by atoms with Gasteiger partial charge < -0.3 is 35.0 Å². The number of rotatable bonds is 50. The van der Waals surface area contributed by atoms with E-state index in [1.807, 2.05) is 0 Å². The van der Waals surface area contributed by atoms with Gasteiger partial charge in [0.15, 0.2) is 6.10 Å². The molecule has 0 aromatic rings.